The molecule has 1 N–H and O–H groups in total. The molecule has 5 heteroatoms. The molecule has 1 aromatic carbocycles. The summed E-state index contributed by atoms with van der Waals surface area (Å²) in [5.74, 6) is 0.495. The average Bonchev–Trinajstić information content (AvgIpc) is 2.48. The summed E-state index contributed by atoms with van der Waals surface area (Å²) < 4.78 is 5.87. The number of rotatable bonds is 4. The number of methoxy groups -OCH3 is 1. The average molecular weight is 335 g/mol. The van der Waals surface area contributed by atoms with E-state index in [4.69, 9.17) is 4.74 Å². The second-order valence-corrected chi connectivity index (χ2v) is 5.18. The molecule has 1 unspecified atom stereocenters. The van der Waals surface area contributed by atoms with Crippen LogP contribution < -0.4 is 10.1 Å². The Bertz CT molecular complexity index is 602. The molecule has 0 aliphatic carbocycles. The maximum atomic E-state index is 12.3. The molecule has 0 aliphatic heterocycles. The van der Waals surface area contributed by atoms with Crippen LogP contribution in [0.1, 0.15) is 28.9 Å². The fourth-order valence-corrected chi connectivity index (χ4v) is 2.24. The standard InChI is InChI=1S/C15H15BrN2O2/c1-10(11-5-7-17-8-6-11)18-15(19)13-9-12(20-2)3-4-14(13)16/h3-10H,1-2H3,(H,18,19). The van der Waals surface area contributed by atoms with Crippen molar-refractivity contribution in [3.05, 3.63) is 58.3 Å². The molecule has 0 radical (unpaired) electrons. The van der Waals surface area contributed by atoms with E-state index >= 15 is 0 Å². The maximum absolute atomic E-state index is 12.3. The number of carbonyl (C=O) groups excluding carboxylic acids is 1. The molecule has 4 nitrogen and oxygen atoms in total. The van der Waals surface area contributed by atoms with Gasteiger partial charge in [-0.15, -0.1) is 0 Å². The molecule has 1 atom stereocenters. The predicted molar refractivity (Wildman–Crippen MR) is 80.8 cm³/mol. The highest BCUT2D eigenvalue weighted by atomic mass is 79.9. The normalized spacial score (nSPS) is 11.8. The van der Waals surface area contributed by atoms with E-state index in [0.717, 1.165) is 10.0 Å². The highest BCUT2D eigenvalue weighted by Gasteiger charge is 2.14. The molecule has 0 bridgehead atoms. The number of nitrogens with one attached hydrogen (secondary N) is 1. The van der Waals surface area contributed by atoms with Gasteiger partial charge in [0.05, 0.1) is 18.7 Å². The molecule has 1 amide bonds. The molecule has 0 spiro atoms. The van der Waals surface area contributed by atoms with Crippen LogP contribution in [-0.4, -0.2) is 18.0 Å². The van der Waals surface area contributed by atoms with Crippen molar-refractivity contribution in [1.29, 1.82) is 0 Å². The Morgan fingerprint density at radius 2 is 2.00 bits per heavy atom. The van der Waals surface area contributed by atoms with E-state index in [1.54, 1.807) is 37.7 Å². The second kappa shape index (κ2) is 6.52. The van der Waals surface area contributed by atoms with Gasteiger partial charge in [0, 0.05) is 16.9 Å². The van der Waals surface area contributed by atoms with Crippen LogP contribution >= 0.6 is 15.9 Å². The molecule has 1 aromatic heterocycles. The quantitative estimate of drug-likeness (QED) is 0.932. The number of nitrogens with zero attached hydrogens (tertiary/aromatic N) is 1. The lowest BCUT2D eigenvalue weighted by Gasteiger charge is -2.15. The fourth-order valence-electron chi connectivity index (χ4n) is 1.82. The van der Waals surface area contributed by atoms with Crippen molar-refractivity contribution >= 4 is 21.8 Å². The van der Waals surface area contributed by atoms with Crippen LogP contribution in [0.5, 0.6) is 5.75 Å². The number of halogens is 1. The number of aromatic nitrogens is 1. The zero-order valence-electron chi connectivity index (χ0n) is 11.3. The molecular weight excluding hydrogens is 320 g/mol. The largest absolute Gasteiger partial charge is 0.497 e. The lowest BCUT2D eigenvalue weighted by molar-refractivity contribution is 0.0938. The van der Waals surface area contributed by atoms with Crippen LogP contribution in [-0.2, 0) is 0 Å². The first kappa shape index (κ1) is 14.5. The zero-order valence-corrected chi connectivity index (χ0v) is 12.8. The molecule has 0 saturated carbocycles. The zero-order chi connectivity index (χ0) is 14.5. The van der Waals surface area contributed by atoms with Gasteiger partial charge in [0.25, 0.3) is 5.91 Å². The van der Waals surface area contributed by atoms with Crippen molar-refractivity contribution < 1.29 is 9.53 Å². The number of ether oxygens (including phenoxy) is 1. The minimum atomic E-state index is -0.153. The van der Waals surface area contributed by atoms with Crippen molar-refractivity contribution in [2.45, 2.75) is 13.0 Å². The maximum Gasteiger partial charge on any atom is 0.253 e. The van der Waals surface area contributed by atoms with E-state index in [2.05, 4.69) is 26.2 Å². The Balaban J connectivity index is 2.16. The van der Waals surface area contributed by atoms with Gasteiger partial charge in [0.1, 0.15) is 5.75 Å². The van der Waals surface area contributed by atoms with Crippen LogP contribution in [0, 0.1) is 0 Å². The third kappa shape index (κ3) is 3.36. The number of carbonyl (C=O) groups is 1. The van der Waals surface area contributed by atoms with Crippen molar-refractivity contribution in [3.63, 3.8) is 0 Å². The Kier molecular flexibility index (Phi) is 4.74. The van der Waals surface area contributed by atoms with E-state index in [1.165, 1.54) is 0 Å². The number of pyridine rings is 1. The molecular formula is C15H15BrN2O2. The summed E-state index contributed by atoms with van der Waals surface area (Å²) in [7, 11) is 1.57. The Hall–Kier alpha value is -1.88. The molecule has 0 saturated heterocycles. The van der Waals surface area contributed by atoms with Crippen LogP contribution in [0.4, 0.5) is 0 Å². The van der Waals surface area contributed by atoms with Gasteiger partial charge in [-0.1, -0.05) is 0 Å². The fraction of sp³-hybridized carbons (Fsp3) is 0.200. The first-order valence-corrected chi connectivity index (χ1v) is 6.95. The van der Waals surface area contributed by atoms with Gasteiger partial charge in [-0.25, -0.2) is 0 Å². The number of amides is 1. The summed E-state index contributed by atoms with van der Waals surface area (Å²) in [6.45, 7) is 1.93. The summed E-state index contributed by atoms with van der Waals surface area (Å²) >= 11 is 3.38. The van der Waals surface area contributed by atoms with Crippen LogP contribution in [0.15, 0.2) is 47.2 Å². The lowest BCUT2D eigenvalue weighted by Crippen LogP contribution is -2.27. The summed E-state index contributed by atoms with van der Waals surface area (Å²) in [5, 5.41) is 2.95. The van der Waals surface area contributed by atoms with Crippen molar-refractivity contribution in [1.82, 2.24) is 10.3 Å². The monoisotopic (exact) mass is 334 g/mol. The van der Waals surface area contributed by atoms with Crippen LogP contribution in [0.2, 0.25) is 0 Å². The smallest absolute Gasteiger partial charge is 0.253 e. The highest BCUT2D eigenvalue weighted by molar-refractivity contribution is 9.10. The second-order valence-electron chi connectivity index (χ2n) is 4.32. The number of hydrogen-bond acceptors (Lipinski definition) is 3. The van der Waals surface area contributed by atoms with Crippen molar-refractivity contribution in [2.75, 3.05) is 7.11 Å². The van der Waals surface area contributed by atoms with E-state index < -0.39 is 0 Å². The van der Waals surface area contributed by atoms with Crippen molar-refractivity contribution in [3.8, 4) is 5.75 Å². The van der Waals surface area contributed by atoms with Gasteiger partial charge < -0.3 is 10.1 Å². The summed E-state index contributed by atoms with van der Waals surface area (Å²) in [6, 6.07) is 8.97. The molecule has 0 fully saturated rings. The Morgan fingerprint density at radius 1 is 1.30 bits per heavy atom. The lowest BCUT2D eigenvalue weighted by atomic mass is 10.1. The van der Waals surface area contributed by atoms with Crippen molar-refractivity contribution in [2.24, 2.45) is 0 Å². The predicted octanol–water partition coefficient (Wildman–Crippen LogP) is 3.34. The molecule has 0 aliphatic rings. The summed E-state index contributed by atoms with van der Waals surface area (Å²) in [5.41, 5.74) is 1.55. The third-order valence-electron chi connectivity index (χ3n) is 2.97. The molecule has 1 heterocycles. The first-order valence-electron chi connectivity index (χ1n) is 6.16. The topological polar surface area (TPSA) is 51.2 Å². The minimum absolute atomic E-state index is 0.0939. The molecule has 2 rings (SSSR count). The van der Waals surface area contributed by atoms with E-state index in [1.807, 2.05) is 19.1 Å². The van der Waals surface area contributed by atoms with Gasteiger partial charge in [-0.3, -0.25) is 9.78 Å². The van der Waals surface area contributed by atoms with E-state index in [9.17, 15) is 4.79 Å². The Labute approximate surface area is 126 Å². The van der Waals surface area contributed by atoms with Gasteiger partial charge in [0.2, 0.25) is 0 Å². The van der Waals surface area contributed by atoms with Gasteiger partial charge >= 0.3 is 0 Å². The summed E-state index contributed by atoms with van der Waals surface area (Å²) in [6.07, 6.45) is 3.42. The van der Waals surface area contributed by atoms with Crippen LogP contribution in [0.25, 0.3) is 0 Å². The van der Waals surface area contributed by atoms with Gasteiger partial charge in [-0.2, -0.15) is 0 Å². The SMILES string of the molecule is COc1ccc(Br)c(C(=O)NC(C)c2ccncc2)c1. The van der Waals surface area contributed by atoms with Gasteiger partial charge in [-0.05, 0) is 58.7 Å². The third-order valence-corrected chi connectivity index (χ3v) is 3.66. The molecule has 2 aromatic rings. The number of benzene rings is 1. The van der Waals surface area contributed by atoms with E-state index in [-0.39, 0.29) is 11.9 Å². The molecule has 20 heavy (non-hydrogen) atoms. The summed E-state index contributed by atoms with van der Waals surface area (Å²) in [4.78, 5) is 16.3. The van der Waals surface area contributed by atoms with Gasteiger partial charge in [0.15, 0.2) is 0 Å². The van der Waals surface area contributed by atoms with Crippen LogP contribution in [0.3, 0.4) is 0 Å². The van der Waals surface area contributed by atoms with E-state index in [0.29, 0.717) is 11.3 Å². The molecule has 104 valence electrons. The number of hydrogen-bond donors (Lipinski definition) is 1. The first-order chi connectivity index (χ1) is 9.61. The minimum Gasteiger partial charge on any atom is -0.497 e. The highest BCUT2D eigenvalue weighted by Crippen LogP contribution is 2.23. The Morgan fingerprint density at radius 3 is 2.65 bits per heavy atom.